The molecule has 0 bridgehead atoms. The Morgan fingerprint density at radius 2 is 0.491 bits per heavy atom. The fourth-order valence-electron chi connectivity index (χ4n) is 10.3. The Morgan fingerprint density at radius 1 is 0.264 bits per heavy atom. The fraction of sp³-hybridized carbons (Fsp3) is 0.604. The number of aliphatic hydroxyl groups is 1. The van der Waals surface area contributed by atoms with E-state index in [0.29, 0.717) is 44.9 Å². The van der Waals surface area contributed by atoms with Crippen LogP contribution in [-0.4, -0.2) is 96.7 Å². The lowest BCUT2D eigenvalue weighted by atomic mass is 10.0. The molecule has 17 nitrogen and oxygen atoms in total. The molecule has 0 saturated heterocycles. The quantitative estimate of drug-likeness (QED) is 0.0169. The van der Waals surface area contributed by atoms with Crippen LogP contribution in [0.4, 0.5) is 0 Å². The van der Waals surface area contributed by atoms with Gasteiger partial charge in [0.2, 0.25) is 0 Å². The molecule has 0 aliphatic carbocycles. The summed E-state index contributed by atoms with van der Waals surface area (Å²) in [6.45, 7) is 4.44. The summed E-state index contributed by atoms with van der Waals surface area (Å²) < 4.78 is 68.4. The van der Waals surface area contributed by atoms with E-state index in [1.807, 2.05) is 54.7 Å². The number of esters is 4. The first-order valence-electron chi connectivity index (χ1n) is 41.7. The summed E-state index contributed by atoms with van der Waals surface area (Å²) in [5, 5.41) is 10.7. The van der Waals surface area contributed by atoms with E-state index in [1.54, 1.807) is 0 Å². The molecule has 0 aromatic heterocycles. The highest BCUT2D eigenvalue weighted by atomic mass is 31.2. The minimum atomic E-state index is -5.03. The number of carbonyl (C=O) groups excluding carboxylic acids is 4. The molecule has 0 aromatic carbocycles. The van der Waals surface area contributed by atoms with Gasteiger partial charge < -0.3 is 33.8 Å². The summed E-state index contributed by atoms with van der Waals surface area (Å²) >= 11 is 0. The molecule has 0 aliphatic heterocycles. The lowest BCUT2D eigenvalue weighted by molar-refractivity contribution is -0.161. The standard InChI is InChI=1S/C91H146O17P2/c1-5-9-13-17-21-25-29-33-36-39-42-45-48-52-56-60-64-68-72-76-89(94)102-82-87(108-91(96)78-74-70-66-62-58-54-50-47-44-41-38-35-31-27-23-19-15-11-7-3)84-106-110(99,100)104-80-85(92)79-103-109(97,98)105-83-86(81-101-88(93)75-71-67-63-59-55-51-32-28-24-20-16-12-8-4)107-90(95)77-73-69-65-61-57-53-49-46-43-40-37-34-30-26-22-18-14-10-6-2/h10,14,21-23,25-27,33-38,42-47,52-54,56-58,64-66,68-70,85-87,92H,5-9,11-13,15-20,24,28-32,39-41,48-51,55,59-63,67,71-84H2,1-4H3,(H,97,98)(H,99,100)/b14-10-,25-21-,26-22-,27-23-,36-33-,37-34-,38-35-,45-42-,46-43-,47-44-,56-52-,57-53-,58-54-,68-64-,69-65-,70-66-/t85-,86+,87+/m0/s1. The van der Waals surface area contributed by atoms with Crippen LogP contribution in [0.1, 0.15) is 297 Å². The van der Waals surface area contributed by atoms with Crippen molar-refractivity contribution in [3.63, 3.8) is 0 Å². The smallest absolute Gasteiger partial charge is 0.462 e. The van der Waals surface area contributed by atoms with Crippen LogP contribution >= 0.6 is 15.6 Å². The Labute approximate surface area is 666 Å². The number of rotatable bonds is 76. The maximum Gasteiger partial charge on any atom is 0.472 e. The fourth-order valence-corrected chi connectivity index (χ4v) is 11.8. The van der Waals surface area contributed by atoms with E-state index >= 15 is 0 Å². The van der Waals surface area contributed by atoms with Gasteiger partial charge in [-0.3, -0.25) is 37.3 Å². The molecular formula is C91H146O17P2. The highest BCUT2D eigenvalue weighted by Crippen LogP contribution is 2.45. The van der Waals surface area contributed by atoms with Gasteiger partial charge in [-0.25, -0.2) is 9.13 Å². The van der Waals surface area contributed by atoms with E-state index in [9.17, 15) is 43.2 Å². The molecule has 0 spiro atoms. The van der Waals surface area contributed by atoms with E-state index < -0.39 is 97.5 Å². The average molecular weight is 1570 g/mol. The number of aliphatic hydroxyl groups excluding tert-OH is 1. The van der Waals surface area contributed by atoms with Crippen LogP contribution in [0.5, 0.6) is 0 Å². The Kier molecular flexibility index (Phi) is 76.4. The maximum atomic E-state index is 13.1. The van der Waals surface area contributed by atoms with Gasteiger partial charge in [0, 0.05) is 25.7 Å². The lowest BCUT2D eigenvalue weighted by Gasteiger charge is -2.21. The van der Waals surface area contributed by atoms with Crippen LogP contribution < -0.4 is 0 Å². The molecule has 0 aromatic rings. The largest absolute Gasteiger partial charge is 0.472 e. The zero-order valence-electron chi connectivity index (χ0n) is 68.1. The van der Waals surface area contributed by atoms with Crippen molar-refractivity contribution in [3.05, 3.63) is 194 Å². The summed E-state index contributed by atoms with van der Waals surface area (Å²) in [5.74, 6) is -2.48. The highest BCUT2D eigenvalue weighted by Gasteiger charge is 2.30. The Bertz CT molecular complexity index is 2850. The van der Waals surface area contributed by atoms with E-state index in [2.05, 4.69) is 167 Å². The number of carbonyl (C=O) groups is 4. The molecule has 5 atom stereocenters. The predicted octanol–water partition coefficient (Wildman–Crippen LogP) is 24.9. The van der Waals surface area contributed by atoms with Crippen molar-refractivity contribution in [3.8, 4) is 0 Å². The summed E-state index contributed by atoms with van der Waals surface area (Å²) in [5.41, 5.74) is 0. The van der Waals surface area contributed by atoms with Crippen molar-refractivity contribution in [2.75, 3.05) is 39.6 Å². The van der Waals surface area contributed by atoms with Crippen LogP contribution in [0, 0.1) is 0 Å². The predicted molar refractivity (Wildman–Crippen MR) is 454 cm³/mol. The molecule has 0 fully saturated rings. The van der Waals surface area contributed by atoms with Gasteiger partial charge in [0.15, 0.2) is 12.2 Å². The van der Waals surface area contributed by atoms with Crippen molar-refractivity contribution in [2.24, 2.45) is 0 Å². The third-order valence-corrected chi connectivity index (χ3v) is 18.5. The number of hydrogen-bond donors (Lipinski definition) is 3. The molecule has 3 N–H and O–H groups in total. The van der Waals surface area contributed by atoms with E-state index in [-0.39, 0.29) is 25.7 Å². The van der Waals surface area contributed by atoms with Gasteiger partial charge in [-0.15, -0.1) is 0 Å². The van der Waals surface area contributed by atoms with Crippen LogP contribution in [0.25, 0.3) is 0 Å². The third-order valence-electron chi connectivity index (χ3n) is 16.6. The van der Waals surface area contributed by atoms with Gasteiger partial charge in [0.1, 0.15) is 19.3 Å². The monoisotopic (exact) mass is 1570 g/mol. The minimum Gasteiger partial charge on any atom is -0.462 e. The van der Waals surface area contributed by atoms with Gasteiger partial charge >= 0.3 is 39.5 Å². The summed E-state index contributed by atoms with van der Waals surface area (Å²) in [4.78, 5) is 73.1. The first kappa shape index (κ1) is 104. The van der Waals surface area contributed by atoms with Crippen molar-refractivity contribution in [1.82, 2.24) is 0 Å². The molecule has 0 rings (SSSR count). The van der Waals surface area contributed by atoms with Crippen molar-refractivity contribution >= 4 is 39.5 Å². The molecule has 2 unspecified atom stereocenters. The van der Waals surface area contributed by atoms with Gasteiger partial charge in [-0.1, -0.05) is 325 Å². The molecule has 622 valence electrons. The Morgan fingerprint density at radius 3 is 0.782 bits per heavy atom. The average Bonchev–Trinajstić information content (AvgIpc) is 0.908. The first-order valence-corrected chi connectivity index (χ1v) is 44.7. The van der Waals surface area contributed by atoms with Crippen LogP contribution in [0.2, 0.25) is 0 Å². The second kappa shape index (κ2) is 80.9. The lowest BCUT2D eigenvalue weighted by Crippen LogP contribution is -2.30. The molecule has 19 heteroatoms. The molecular weight excluding hydrogens is 1430 g/mol. The minimum absolute atomic E-state index is 0.0135. The van der Waals surface area contributed by atoms with Gasteiger partial charge in [-0.05, 0) is 141 Å². The van der Waals surface area contributed by atoms with Crippen LogP contribution in [-0.2, 0) is 65.4 Å². The van der Waals surface area contributed by atoms with E-state index in [0.717, 1.165) is 109 Å². The second-order valence-corrected chi connectivity index (χ2v) is 29.9. The Hall–Kier alpha value is -6.10. The zero-order chi connectivity index (χ0) is 80.3. The number of phosphoric ester groups is 2. The number of allylic oxidation sites excluding steroid dienone is 32. The van der Waals surface area contributed by atoms with E-state index in [4.69, 9.17) is 37.0 Å². The third kappa shape index (κ3) is 80.0. The van der Waals surface area contributed by atoms with Crippen molar-refractivity contribution in [2.45, 2.75) is 316 Å². The van der Waals surface area contributed by atoms with Crippen molar-refractivity contribution < 1.29 is 80.2 Å². The number of ether oxygens (including phenoxy) is 4. The Balaban J connectivity index is 5.59. The van der Waals surface area contributed by atoms with Gasteiger partial charge in [0.25, 0.3) is 0 Å². The number of hydrogen-bond acceptors (Lipinski definition) is 15. The van der Waals surface area contributed by atoms with Crippen molar-refractivity contribution in [1.29, 1.82) is 0 Å². The molecule has 0 amide bonds. The van der Waals surface area contributed by atoms with Gasteiger partial charge in [-0.2, -0.15) is 0 Å². The normalized spacial score (nSPS) is 14.8. The molecule has 0 saturated carbocycles. The van der Waals surface area contributed by atoms with Gasteiger partial charge in [0.05, 0.1) is 26.4 Å². The summed E-state index contributed by atoms with van der Waals surface area (Å²) in [6, 6.07) is 0. The first-order chi connectivity index (χ1) is 53.7. The SMILES string of the molecule is CC/C=C\C/C=C\C/C=C\C/C=C\C/C=C\C/C=C\CCC(=O)O[C@H](COC(=O)CCCCCCCCCCCCCCC)COP(=O)(O)OC[C@H](O)COP(=O)(O)OC[C@@H](COC(=O)CC/C=C\C/C=C\C/C=C\C/C=C\C/C=C\CCCCC)OC(=O)CC/C=C\C/C=C\C/C=C\C/C=C\C/C=C\CCCCC. The molecule has 0 radical (unpaired) electrons. The highest BCUT2D eigenvalue weighted by molar-refractivity contribution is 7.47. The topological polar surface area (TPSA) is 237 Å². The number of unbranched alkanes of at least 4 members (excludes halogenated alkanes) is 18. The van der Waals surface area contributed by atoms with Crippen LogP contribution in [0.15, 0.2) is 194 Å². The summed E-state index contributed by atoms with van der Waals surface area (Å²) in [6.07, 6.45) is 100. The number of phosphoric acid groups is 2. The maximum absolute atomic E-state index is 13.1. The zero-order valence-corrected chi connectivity index (χ0v) is 69.9. The second-order valence-electron chi connectivity index (χ2n) is 27.0. The molecule has 0 aliphatic rings. The summed E-state index contributed by atoms with van der Waals surface area (Å²) in [7, 11) is -10.0. The molecule has 110 heavy (non-hydrogen) atoms. The van der Waals surface area contributed by atoms with E-state index in [1.165, 1.54) is 89.9 Å². The van der Waals surface area contributed by atoms with Crippen LogP contribution in [0.3, 0.4) is 0 Å². The molecule has 0 heterocycles.